The second-order valence-electron chi connectivity index (χ2n) is 38.4. The summed E-state index contributed by atoms with van der Waals surface area (Å²) in [5.74, 6) is 0.893. The number of aldehydes is 1. The second kappa shape index (κ2) is 67.6. The van der Waals surface area contributed by atoms with Gasteiger partial charge >= 0.3 is 0 Å². The fourth-order valence-corrected chi connectivity index (χ4v) is 18.8. The van der Waals surface area contributed by atoms with Crippen molar-refractivity contribution >= 4 is 91.4 Å². The molecule has 0 radical (unpaired) electrons. The molecular weight excluding hydrogens is 1570 g/mol. The summed E-state index contributed by atoms with van der Waals surface area (Å²) in [7, 11) is 1.74. The van der Waals surface area contributed by atoms with Gasteiger partial charge in [-0.05, 0) is 243 Å². The van der Waals surface area contributed by atoms with E-state index in [-0.39, 0.29) is 0 Å². The van der Waals surface area contributed by atoms with E-state index in [0.717, 1.165) is 81.8 Å². The molecule has 8 aromatic rings. The lowest BCUT2D eigenvalue weighted by atomic mass is 9.91. The van der Waals surface area contributed by atoms with Crippen LogP contribution in [0.25, 0.3) is 85.1 Å². The summed E-state index contributed by atoms with van der Waals surface area (Å²) in [6, 6.07) is 56.3. The maximum Gasteiger partial charge on any atom is 0.150 e. The van der Waals surface area contributed by atoms with Crippen molar-refractivity contribution in [2.45, 2.75) is 415 Å². The number of hydrogen-bond donors (Lipinski definition) is 0. The van der Waals surface area contributed by atoms with E-state index in [1.54, 1.807) is 7.11 Å². The first-order valence-corrected chi connectivity index (χ1v) is 53.9. The zero-order valence-corrected chi connectivity index (χ0v) is 83.9. The van der Waals surface area contributed by atoms with Crippen LogP contribution in [0.2, 0.25) is 0 Å². The van der Waals surface area contributed by atoms with Gasteiger partial charge in [-0.15, -0.1) is 0 Å². The second-order valence-corrected chi connectivity index (χ2v) is 38.4. The Kier molecular flexibility index (Phi) is 55.5. The Bertz CT molecular complexity index is 4580. The number of unbranched alkanes of at least 4 members (excludes halogenated alkanes) is 40. The molecule has 0 unspecified atom stereocenters. The molecule has 0 saturated carbocycles. The van der Waals surface area contributed by atoms with Gasteiger partial charge in [-0.2, -0.15) is 0 Å². The van der Waals surface area contributed by atoms with Crippen LogP contribution in [-0.2, 0) is 51.4 Å². The molecule has 0 bridgehead atoms. The van der Waals surface area contributed by atoms with Crippen LogP contribution < -0.4 is 4.74 Å². The number of hydrogen-bond acceptors (Lipinski definition) is 2. The van der Waals surface area contributed by atoms with E-state index in [1.807, 2.05) is 0 Å². The molecule has 2 heteroatoms. The van der Waals surface area contributed by atoms with E-state index >= 15 is 0 Å². The topological polar surface area (TPSA) is 26.3 Å². The SMILES string of the molecule is CCCCCCCCc1cc(/C=C/c2ccc(/C=C/c3cc(CCCCCCCC)c(/C=C/c4ccc(/C=C/c5cc(CCCCCCCC)c(/C=C/c6ccc(/C=C/c7cc(CCCCCCCC)c(/C=C/c8ccc(OC)cc8)cc7CCCCCCCC)cc6)cc5CCCCCCCC)cc4)cc3CCCCCCCC)cc2)c(CCCCCCCC)cc1C=O. The smallest absolute Gasteiger partial charge is 0.150 e. The lowest BCUT2D eigenvalue weighted by Crippen LogP contribution is -2.00. The average Bonchev–Trinajstić information content (AvgIpc) is 0.833. The van der Waals surface area contributed by atoms with E-state index in [1.165, 1.54) is 418 Å². The summed E-state index contributed by atoms with van der Waals surface area (Å²) in [6.07, 6.45) is 105. The van der Waals surface area contributed by atoms with Crippen LogP contribution in [0.15, 0.2) is 146 Å². The summed E-state index contributed by atoms with van der Waals surface area (Å²) in [6.45, 7) is 18.5. The molecule has 702 valence electrons. The molecule has 0 aliphatic rings. The van der Waals surface area contributed by atoms with Crippen molar-refractivity contribution in [2.75, 3.05) is 7.11 Å². The van der Waals surface area contributed by atoms with Crippen molar-refractivity contribution in [2.24, 2.45) is 0 Å². The fraction of sp³-hybridized carbons (Fsp3) is 0.508. The predicted octanol–water partition coefficient (Wildman–Crippen LogP) is 39.9. The van der Waals surface area contributed by atoms with Crippen LogP contribution in [0.5, 0.6) is 5.75 Å². The van der Waals surface area contributed by atoms with Crippen LogP contribution in [0.3, 0.4) is 0 Å². The molecule has 0 spiro atoms. The van der Waals surface area contributed by atoms with Crippen LogP contribution in [-0.4, -0.2) is 13.4 Å². The molecule has 0 aliphatic heterocycles. The van der Waals surface area contributed by atoms with Gasteiger partial charge < -0.3 is 4.74 Å². The van der Waals surface area contributed by atoms with Crippen molar-refractivity contribution in [1.82, 2.24) is 0 Å². The summed E-state index contributed by atoms with van der Waals surface area (Å²) in [5.41, 5.74) is 30.3. The minimum atomic E-state index is 0.891. The van der Waals surface area contributed by atoms with Gasteiger partial charge in [0.15, 0.2) is 0 Å². The van der Waals surface area contributed by atoms with Gasteiger partial charge in [0, 0.05) is 5.56 Å². The molecule has 8 aromatic carbocycles. The maximum absolute atomic E-state index is 12.6. The summed E-state index contributed by atoms with van der Waals surface area (Å²) < 4.78 is 5.51. The highest BCUT2D eigenvalue weighted by atomic mass is 16.5. The minimum absolute atomic E-state index is 0.891. The van der Waals surface area contributed by atoms with E-state index in [4.69, 9.17) is 4.74 Å². The lowest BCUT2D eigenvalue weighted by Gasteiger charge is -2.14. The number of carbonyl (C=O) groups excluding carboxylic acids is 1. The maximum atomic E-state index is 12.6. The van der Waals surface area contributed by atoms with Gasteiger partial charge in [0.1, 0.15) is 12.0 Å². The van der Waals surface area contributed by atoms with E-state index in [9.17, 15) is 4.79 Å². The molecule has 130 heavy (non-hydrogen) atoms. The molecule has 2 nitrogen and oxygen atoms in total. The van der Waals surface area contributed by atoms with E-state index in [0.29, 0.717) is 0 Å². The highest BCUT2D eigenvalue weighted by Crippen LogP contribution is 2.33. The van der Waals surface area contributed by atoms with Gasteiger partial charge in [-0.3, -0.25) is 4.79 Å². The number of methoxy groups -OCH3 is 1. The Labute approximate surface area is 796 Å². The van der Waals surface area contributed by atoms with E-state index < -0.39 is 0 Å². The molecule has 0 aromatic heterocycles. The first-order valence-electron chi connectivity index (χ1n) is 53.9. The first kappa shape index (κ1) is 107. The van der Waals surface area contributed by atoms with Crippen molar-refractivity contribution in [3.05, 3.63) is 274 Å². The van der Waals surface area contributed by atoms with Crippen molar-refractivity contribution in [3.63, 3.8) is 0 Å². The van der Waals surface area contributed by atoms with Gasteiger partial charge in [-0.1, -0.05) is 525 Å². The number of carbonyl (C=O) groups is 1. The lowest BCUT2D eigenvalue weighted by molar-refractivity contribution is 0.112. The molecule has 8 rings (SSSR count). The third-order valence-corrected chi connectivity index (χ3v) is 27.2. The molecule has 0 amide bonds. The van der Waals surface area contributed by atoms with Gasteiger partial charge in [-0.25, -0.2) is 0 Å². The van der Waals surface area contributed by atoms with Crippen LogP contribution in [0.4, 0.5) is 0 Å². The summed E-state index contributed by atoms with van der Waals surface area (Å²) in [4.78, 5) is 12.6. The van der Waals surface area contributed by atoms with Crippen LogP contribution in [0.1, 0.15) is 496 Å². The van der Waals surface area contributed by atoms with Crippen molar-refractivity contribution in [3.8, 4) is 5.75 Å². The Hall–Kier alpha value is -8.59. The molecule has 0 heterocycles. The molecule has 0 fully saturated rings. The van der Waals surface area contributed by atoms with E-state index in [2.05, 4.69) is 286 Å². The molecular formula is C128H178O2. The third kappa shape index (κ3) is 42.5. The Morgan fingerprint density at radius 3 is 0.446 bits per heavy atom. The molecule has 0 aliphatic carbocycles. The largest absolute Gasteiger partial charge is 0.497 e. The van der Waals surface area contributed by atoms with Crippen LogP contribution in [0, 0.1) is 0 Å². The number of rotatable bonds is 72. The normalized spacial score (nSPS) is 12.0. The van der Waals surface area contributed by atoms with Crippen molar-refractivity contribution in [1.29, 1.82) is 0 Å². The molecule has 0 N–H and O–H groups in total. The third-order valence-electron chi connectivity index (χ3n) is 27.2. The zero-order chi connectivity index (χ0) is 91.7. The zero-order valence-electron chi connectivity index (χ0n) is 83.9. The quantitative estimate of drug-likeness (QED) is 0.0216. The monoisotopic (exact) mass is 1750 g/mol. The number of ether oxygens (including phenoxy) is 1. The number of aryl methyl sites for hydroxylation is 8. The Morgan fingerprint density at radius 2 is 0.300 bits per heavy atom. The van der Waals surface area contributed by atoms with Crippen molar-refractivity contribution < 1.29 is 9.53 Å². The van der Waals surface area contributed by atoms with Gasteiger partial charge in [0.2, 0.25) is 0 Å². The summed E-state index contributed by atoms with van der Waals surface area (Å²) >= 11 is 0. The highest BCUT2D eigenvalue weighted by molar-refractivity contribution is 5.83. The highest BCUT2D eigenvalue weighted by Gasteiger charge is 2.16. The van der Waals surface area contributed by atoms with Crippen LogP contribution >= 0.6 is 0 Å². The standard InChI is InChI=1S/C128H178O2/c1-10-18-26-34-42-50-58-112-97-121(89-80-107-70-72-108(73-71-107)82-91-124-100-117(63-55-47-39-31-23-15-6)125(93-84-111-85-94-128(130-9)95-86-111)101-116(124)62-54-46-38-30-22-14-5)113(59-51-43-35-27-19-11-2)96-120(112)87-78-105-66-68-106(69-67-105)79-88-122-98-115(61-53-45-37-29-21-13-4)123(99-114(122)60-52-44-36-28-20-12-3)90-81-109-74-76-110(77-75-109)83-92-126-102-119(65-57-49-41-33-25-17-8)127(104-129)103-118(126)64-56-48-40-32-24-16-7/h66-104H,10-65H2,1-9H3/b87-78+,88-79+,89-80+,90-81+,91-82+,92-83+,93-84+. The van der Waals surface area contributed by atoms with Gasteiger partial charge in [0.25, 0.3) is 0 Å². The molecule has 0 saturated heterocycles. The van der Waals surface area contributed by atoms with Gasteiger partial charge in [0.05, 0.1) is 7.11 Å². The fourth-order valence-electron chi connectivity index (χ4n) is 18.8. The average molecular weight is 1750 g/mol. The summed E-state index contributed by atoms with van der Waals surface area (Å²) in [5, 5.41) is 0. The Morgan fingerprint density at radius 1 is 0.169 bits per heavy atom. The Balaban J connectivity index is 1.05. The first-order chi connectivity index (χ1) is 64.1. The minimum Gasteiger partial charge on any atom is -0.497 e. The predicted molar refractivity (Wildman–Crippen MR) is 583 cm³/mol. The number of benzene rings is 8. The molecule has 0 atom stereocenters.